The van der Waals surface area contributed by atoms with E-state index in [0.29, 0.717) is 30.4 Å². The molecule has 1 aromatic heterocycles. The molecule has 0 bridgehead atoms. The van der Waals surface area contributed by atoms with E-state index in [1.165, 1.54) is 24.5 Å². The van der Waals surface area contributed by atoms with Gasteiger partial charge in [0.1, 0.15) is 29.0 Å². The smallest absolute Gasteiger partial charge is 0.202 e. The number of aromatic hydroxyl groups is 2. The number of carbonyl (C=O) groups excluding carboxylic acids is 2. The van der Waals surface area contributed by atoms with Gasteiger partial charge in [0.05, 0.1) is 48.3 Å². The van der Waals surface area contributed by atoms with Crippen LogP contribution in [-0.2, 0) is 35.7 Å². The minimum atomic E-state index is -1.68. The van der Waals surface area contributed by atoms with Crippen LogP contribution in [0.3, 0.4) is 0 Å². The number of morpholine rings is 1. The van der Waals surface area contributed by atoms with Crippen LogP contribution in [0.1, 0.15) is 74.5 Å². The number of phenolic OH excluding ortho intramolecular Hbond substituents is 2. The van der Waals surface area contributed by atoms with Crippen molar-refractivity contribution in [1.82, 2.24) is 9.88 Å². The molecule has 3 saturated heterocycles. The maximum Gasteiger partial charge on any atom is 0.202 e. The maximum atomic E-state index is 14.1. The first-order chi connectivity index (χ1) is 23.6. The predicted octanol–water partition coefficient (Wildman–Crippen LogP) is 2.80. The second-order valence-corrected chi connectivity index (χ2v) is 13.8. The van der Waals surface area contributed by atoms with Gasteiger partial charge in [-0.25, -0.2) is 4.98 Å². The van der Waals surface area contributed by atoms with Gasteiger partial charge in [-0.05, 0) is 13.0 Å². The zero-order valence-electron chi connectivity index (χ0n) is 27.3. The minimum absolute atomic E-state index is 0.00450. The average molecular weight is 696 g/mol. The fourth-order valence-electron chi connectivity index (χ4n) is 8.13. The molecular weight excluding hydrogens is 658 g/mol. The minimum Gasteiger partial charge on any atom is -0.507 e. The average Bonchev–Trinajstić information content (AvgIpc) is 3.74. The number of hydrogen-bond donors (Lipinski definition) is 4. The van der Waals surface area contributed by atoms with Crippen LogP contribution < -0.4 is 10.1 Å². The Morgan fingerprint density at radius 3 is 2.63 bits per heavy atom. The molecule has 3 fully saturated rings. The number of fused-ring (bicyclic) bond motifs is 6. The third kappa shape index (κ3) is 4.90. The summed E-state index contributed by atoms with van der Waals surface area (Å²) >= 11 is 1.30. The molecule has 260 valence electrons. The molecule has 8 atom stereocenters. The summed E-state index contributed by atoms with van der Waals surface area (Å²) in [5, 5.41) is 41.3. The number of ketones is 2. The lowest BCUT2D eigenvalue weighted by molar-refractivity contribution is -0.256. The third-order valence-electron chi connectivity index (χ3n) is 10.4. The van der Waals surface area contributed by atoms with Gasteiger partial charge in [0.25, 0.3) is 0 Å². The SMILES string of the molecule is CNc1nc([C@]2(O)Cc3c(O)c4c(c(O)c3[C@@H](O[C@H]3C[C@H]5[C@H](O[C@@H]6[C@@H](OC)OCCN65)[C@H](C)O3)C2)C(=O)c2c(OC)cccc2C4=O)cs1. The van der Waals surface area contributed by atoms with E-state index in [1.807, 2.05) is 6.92 Å². The van der Waals surface area contributed by atoms with E-state index in [9.17, 15) is 24.9 Å². The molecule has 0 saturated carbocycles. The Kier molecular flexibility index (Phi) is 7.96. The lowest BCUT2D eigenvalue weighted by atomic mass is 9.72. The van der Waals surface area contributed by atoms with Crippen molar-refractivity contribution in [2.45, 2.75) is 74.9 Å². The van der Waals surface area contributed by atoms with Crippen molar-refractivity contribution in [2.75, 3.05) is 39.7 Å². The van der Waals surface area contributed by atoms with E-state index in [0.717, 1.165) is 0 Å². The van der Waals surface area contributed by atoms with Crippen LogP contribution in [0.2, 0.25) is 0 Å². The molecule has 8 rings (SSSR count). The van der Waals surface area contributed by atoms with Crippen LogP contribution >= 0.6 is 11.3 Å². The first kappa shape index (κ1) is 32.5. The van der Waals surface area contributed by atoms with Crippen LogP contribution in [0.4, 0.5) is 5.13 Å². The summed E-state index contributed by atoms with van der Waals surface area (Å²) in [7, 11) is 4.67. The number of carbonyl (C=O) groups is 2. The topological polar surface area (TPSA) is 178 Å². The molecular formula is C34H37N3O11S. The molecule has 49 heavy (non-hydrogen) atoms. The normalized spacial score (nSPS) is 32.1. The van der Waals surface area contributed by atoms with Gasteiger partial charge >= 0.3 is 0 Å². The summed E-state index contributed by atoms with van der Waals surface area (Å²) in [6.07, 6.45) is -3.49. The van der Waals surface area contributed by atoms with E-state index in [1.54, 1.807) is 31.7 Å². The van der Waals surface area contributed by atoms with E-state index in [4.69, 9.17) is 28.4 Å². The second-order valence-electron chi connectivity index (χ2n) is 13.0. The van der Waals surface area contributed by atoms with Crippen molar-refractivity contribution in [3.05, 3.63) is 62.7 Å². The number of thiazole rings is 1. The van der Waals surface area contributed by atoms with E-state index in [-0.39, 0.29) is 64.1 Å². The lowest BCUT2D eigenvalue weighted by Crippen LogP contribution is -2.55. The zero-order valence-corrected chi connectivity index (χ0v) is 28.1. The van der Waals surface area contributed by atoms with Gasteiger partial charge < -0.3 is 49.1 Å². The largest absolute Gasteiger partial charge is 0.507 e. The molecule has 0 radical (unpaired) electrons. The highest BCUT2D eigenvalue weighted by molar-refractivity contribution is 7.13. The summed E-state index contributed by atoms with van der Waals surface area (Å²) in [5.41, 5.74) is -1.79. The Morgan fingerprint density at radius 2 is 1.90 bits per heavy atom. The highest BCUT2D eigenvalue weighted by Gasteiger charge is 2.55. The number of ether oxygens (including phenoxy) is 6. The number of aromatic nitrogens is 1. The predicted molar refractivity (Wildman–Crippen MR) is 172 cm³/mol. The molecule has 15 heteroatoms. The van der Waals surface area contributed by atoms with Crippen molar-refractivity contribution in [3.63, 3.8) is 0 Å². The quantitative estimate of drug-likeness (QED) is 0.217. The molecule has 2 aliphatic carbocycles. The second kappa shape index (κ2) is 12.0. The Hall–Kier alpha value is -3.67. The monoisotopic (exact) mass is 695 g/mol. The van der Waals surface area contributed by atoms with Crippen LogP contribution in [0, 0.1) is 0 Å². The van der Waals surface area contributed by atoms with Gasteiger partial charge in [-0.1, -0.05) is 12.1 Å². The molecule has 5 aliphatic rings. The number of phenols is 2. The molecule has 0 spiro atoms. The van der Waals surface area contributed by atoms with Gasteiger partial charge in [0, 0.05) is 68.1 Å². The highest BCUT2D eigenvalue weighted by Crippen LogP contribution is 2.54. The number of benzene rings is 2. The van der Waals surface area contributed by atoms with Crippen LogP contribution in [-0.4, -0.2) is 108 Å². The summed E-state index contributed by atoms with van der Waals surface area (Å²) in [4.78, 5) is 34.7. The number of nitrogens with one attached hydrogen (secondary N) is 1. The van der Waals surface area contributed by atoms with Crippen molar-refractivity contribution in [3.8, 4) is 17.2 Å². The fraction of sp³-hybridized carbons (Fsp3) is 0.500. The number of anilines is 1. The van der Waals surface area contributed by atoms with Crippen LogP contribution in [0.5, 0.6) is 17.2 Å². The molecule has 2 aromatic carbocycles. The number of methoxy groups -OCH3 is 2. The molecule has 4 heterocycles. The Balaban J connectivity index is 1.22. The first-order valence-electron chi connectivity index (χ1n) is 16.2. The van der Waals surface area contributed by atoms with E-state index >= 15 is 0 Å². The highest BCUT2D eigenvalue weighted by atomic mass is 32.1. The summed E-state index contributed by atoms with van der Waals surface area (Å²) in [6, 6.07) is 4.50. The fourth-order valence-corrected chi connectivity index (χ4v) is 8.89. The van der Waals surface area contributed by atoms with Gasteiger partial charge in [0.2, 0.25) is 5.78 Å². The Morgan fingerprint density at radius 1 is 1.10 bits per heavy atom. The number of hydrogen-bond acceptors (Lipinski definition) is 15. The van der Waals surface area contributed by atoms with E-state index < -0.39 is 59.7 Å². The van der Waals surface area contributed by atoms with E-state index in [2.05, 4.69) is 15.2 Å². The van der Waals surface area contributed by atoms with Gasteiger partial charge in [-0.3, -0.25) is 14.5 Å². The number of rotatable bonds is 6. The van der Waals surface area contributed by atoms with Gasteiger partial charge in [-0.2, -0.15) is 0 Å². The molecule has 3 aliphatic heterocycles. The number of aliphatic hydroxyl groups is 1. The van der Waals surface area contributed by atoms with Crippen LogP contribution in [0.15, 0.2) is 23.6 Å². The summed E-state index contributed by atoms with van der Waals surface area (Å²) in [6.45, 7) is 2.98. The van der Waals surface area contributed by atoms with Crippen molar-refractivity contribution >= 4 is 28.0 Å². The van der Waals surface area contributed by atoms with Crippen molar-refractivity contribution < 1.29 is 53.3 Å². The van der Waals surface area contributed by atoms with Gasteiger partial charge in [-0.15, -0.1) is 11.3 Å². The lowest BCUT2D eigenvalue weighted by Gasteiger charge is -2.43. The Bertz CT molecular complexity index is 1850. The molecule has 14 nitrogen and oxygen atoms in total. The molecule has 0 amide bonds. The Labute approximate surface area is 285 Å². The molecule has 4 N–H and O–H groups in total. The third-order valence-corrected chi connectivity index (χ3v) is 11.2. The zero-order chi connectivity index (χ0) is 34.4. The molecule has 3 aromatic rings. The summed E-state index contributed by atoms with van der Waals surface area (Å²) in [5.74, 6) is -2.16. The standard InChI is InChI=1S/C34H37N3O11S/c1-14-30-17(37-8-9-45-32(44-4)31(37)48-30)10-21(46-14)47-19-12-34(42,20-13-49-33(35-2)36-20)11-16-23(19)29(41)25-24(27(16)39)26(38)15-6-5-7-18(43-3)22(15)28(25)40/h5-7,13-14,17,19,21,30-32,39,41-42H,8-12H2,1-4H3,(H,35,36)/t14-,17-,19-,21-,30+,31+,32-,34-/m0/s1. The molecule has 0 unspecified atom stereocenters. The van der Waals surface area contributed by atoms with Crippen molar-refractivity contribution in [1.29, 1.82) is 0 Å². The van der Waals surface area contributed by atoms with Crippen molar-refractivity contribution in [2.24, 2.45) is 0 Å². The van der Waals surface area contributed by atoms with Gasteiger partial charge in [0.15, 0.2) is 29.7 Å². The summed E-state index contributed by atoms with van der Waals surface area (Å²) < 4.78 is 36.0. The first-order valence-corrected chi connectivity index (χ1v) is 17.1. The van der Waals surface area contributed by atoms with Crippen LogP contribution in [0.25, 0.3) is 0 Å². The maximum absolute atomic E-state index is 14.1. The number of nitrogens with zero attached hydrogens (tertiary/aromatic N) is 2.